The molecule has 2 heterocycles. The third-order valence-corrected chi connectivity index (χ3v) is 5.00. The van der Waals surface area contributed by atoms with Gasteiger partial charge in [0.15, 0.2) is 6.10 Å². The monoisotopic (exact) mass is 397 g/mol. The van der Waals surface area contributed by atoms with E-state index >= 15 is 0 Å². The second-order valence-corrected chi connectivity index (χ2v) is 7.10. The van der Waals surface area contributed by atoms with Gasteiger partial charge in [-0.1, -0.05) is 11.8 Å². The summed E-state index contributed by atoms with van der Waals surface area (Å²) < 4.78 is 19.6. The molecule has 0 radical (unpaired) electrons. The summed E-state index contributed by atoms with van der Waals surface area (Å²) >= 11 is 0.888. The highest BCUT2D eigenvalue weighted by Crippen LogP contribution is 2.29. The van der Waals surface area contributed by atoms with Gasteiger partial charge in [0.05, 0.1) is 24.8 Å². The molecular weight excluding hydrogens is 381 g/mol. The quantitative estimate of drug-likeness (QED) is 0.548. The van der Waals surface area contributed by atoms with Crippen molar-refractivity contribution >= 4 is 46.2 Å². The number of hydroxylamine groups is 2. The molecule has 0 bridgehead atoms. The number of quaternary nitrogens is 1. The predicted octanol–water partition coefficient (Wildman–Crippen LogP) is -0.313. The number of hydrogen-bond donors (Lipinski definition) is 1. The number of amides is 3. The maximum atomic E-state index is 14.5. The molecule has 1 unspecified atom stereocenters. The summed E-state index contributed by atoms with van der Waals surface area (Å²) in [6.45, 7) is 1.09. The number of benzene rings is 1. The van der Waals surface area contributed by atoms with Crippen molar-refractivity contribution in [3.63, 3.8) is 0 Å². The molecule has 3 rings (SSSR count). The number of carbonyl (C=O) groups is 4. The molecule has 1 aromatic rings. The highest BCUT2D eigenvalue weighted by molar-refractivity contribution is 8.15. The van der Waals surface area contributed by atoms with Crippen molar-refractivity contribution in [2.45, 2.75) is 13.0 Å². The van der Waals surface area contributed by atoms with Gasteiger partial charge in [-0.25, -0.2) is 14.0 Å². The number of nitrogens with zero attached hydrogens (tertiary/aromatic N) is 2. The van der Waals surface area contributed by atoms with Gasteiger partial charge >= 0.3 is 17.9 Å². The Hall–Kier alpha value is -2.50. The first-order valence-electron chi connectivity index (χ1n) is 8.08. The molecule has 0 saturated carbocycles. The topological polar surface area (TPSA) is 111 Å². The number of cyclic esters (lactones) is 1. The molecule has 2 aliphatic heterocycles. The minimum Gasteiger partial charge on any atom is -0.627 e. The number of carbonyl (C=O) groups excluding carboxylic acids is 4. The standard InChI is InChI=1S/C16H16FN3O6S/c1-9(21)20(25)8-11-7-19(16(24)26-11)10-2-3-13(12(17)6-10)18-4-5-27-15(23)14(18)22/h2-3,6,11,20H,4-5,7-8H2,1H3. The van der Waals surface area contributed by atoms with Gasteiger partial charge in [-0.05, 0) is 18.2 Å². The van der Waals surface area contributed by atoms with Crippen LogP contribution in [0.5, 0.6) is 0 Å². The fourth-order valence-corrected chi connectivity index (χ4v) is 3.50. The Kier molecular flexibility index (Phi) is 5.44. The van der Waals surface area contributed by atoms with Crippen LogP contribution in [0.2, 0.25) is 0 Å². The summed E-state index contributed by atoms with van der Waals surface area (Å²) in [4.78, 5) is 48.7. The Bertz CT molecular complexity index is 819. The largest absolute Gasteiger partial charge is 0.627 e. The Balaban J connectivity index is 1.75. The van der Waals surface area contributed by atoms with Gasteiger partial charge < -0.3 is 19.9 Å². The normalized spacial score (nSPS) is 21.4. The highest BCUT2D eigenvalue weighted by atomic mass is 32.2. The van der Waals surface area contributed by atoms with E-state index in [0.29, 0.717) is 5.75 Å². The molecule has 11 heteroatoms. The average Bonchev–Trinajstić information content (AvgIpc) is 2.98. The molecule has 0 spiro atoms. The molecule has 3 amide bonds. The van der Waals surface area contributed by atoms with Crippen LogP contribution in [-0.2, 0) is 19.1 Å². The van der Waals surface area contributed by atoms with Crippen molar-refractivity contribution in [2.75, 3.05) is 35.2 Å². The minimum atomic E-state index is -0.796. The highest BCUT2D eigenvalue weighted by Gasteiger charge is 2.35. The maximum absolute atomic E-state index is 14.5. The fourth-order valence-electron chi connectivity index (χ4n) is 2.80. The molecule has 2 saturated heterocycles. The van der Waals surface area contributed by atoms with Gasteiger partial charge in [0.1, 0.15) is 12.4 Å². The minimum absolute atomic E-state index is 0.00554. The SMILES string of the molecule is CC(=O)[N@@H+]([O-])CC1CN(c2ccc(N3CCSC(=O)C3=O)c(F)c2)C(=O)O1. The lowest BCUT2D eigenvalue weighted by Gasteiger charge is -2.26. The third-order valence-electron chi connectivity index (χ3n) is 4.18. The number of thioether (sulfide) groups is 1. The molecule has 0 aliphatic carbocycles. The fraction of sp³-hybridized carbons (Fsp3) is 0.375. The van der Waals surface area contributed by atoms with Crippen molar-refractivity contribution in [3.05, 3.63) is 29.2 Å². The van der Waals surface area contributed by atoms with Crippen LogP contribution in [0.15, 0.2) is 18.2 Å². The zero-order valence-corrected chi connectivity index (χ0v) is 15.1. The van der Waals surface area contributed by atoms with Gasteiger partial charge in [0.2, 0.25) is 0 Å². The van der Waals surface area contributed by atoms with Crippen molar-refractivity contribution in [3.8, 4) is 0 Å². The Morgan fingerprint density at radius 1 is 1.37 bits per heavy atom. The number of rotatable bonds is 4. The van der Waals surface area contributed by atoms with Crippen LogP contribution in [0.4, 0.5) is 20.6 Å². The second kappa shape index (κ2) is 7.62. The van der Waals surface area contributed by atoms with Crippen molar-refractivity contribution in [1.82, 2.24) is 0 Å². The van der Waals surface area contributed by atoms with Crippen molar-refractivity contribution in [1.29, 1.82) is 0 Å². The van der Waals surface area contributed by atoms with E-state index in [1.54, 1.807) is 0 Å². The maximum Gasteiger partial charge on any atom is 0.414 e. The van der Waals surface area contributed by atoms with Crippen LogP contribution in [0.1, 0.15) is 6.92 Å². The van der Waals surface area contributed by atoms with E-state index in [2.05, 4.69) is 0 Å². The van der Waals surface area contributed by atoms with Crippen molar-refractivity contribution < 1.29 is 33.4 Å². The number of halogens is 1. The Labute approximate surface area is 157 Å². The lowest BCUT2D eigenvalue weighted by atomic mass is 10.2. The molecular formula is C16H16FN3O6S. The first-order valence-corrected chi connectivity index (χ1v) is 9.06. The van der Waals surface area contributed by atoms with E-state index in [1.165, 1.54) is 12.1 Å². The Morgan fingerprint density at radius 3 is 2.78 bits per heavy atom. The summed E-state index contributed by atoms with van der Waals surface area (Å²) in [5.74, 6) is -1.81. The number of nitrogens with one attached hydrogen (secondary N) is 1. The van der Waals surface area contributed by atoms with Crippen LogP contribution in [0.3, 0.4) is 0 Å². The molecule has 0 aromatic heterocycles. The van der Waals surface area contributed by atoms with Crippen molar-refractivity contribution in [2.24, 2.45) is 0 Å². The van der Waals surface area contributed by atoms with E-state index in [1.807, 2.05) is 0 Å². The number of hydrogen-bond acceptors (Lipinski definition) is 7. The summed E-state index contributed by atoms with van der Waals surface area (Å²) in [6, 6.07) is 3.80. The summed E-state index contributed by atoms with van der Waals surface area (Å²) in [5, 5.41) is 10.2. The third kappa shape index (κ3) is 3.94. The van der Waals surface area contributed by atoms with Gasteiger partial charge in [-0.3, -0.25) is 14.5 Å². The zero-order valence-electron chi connectivity index (χ0n) is 14.3. The van der Waals surface area contributed by atoms with Gasteiger partial charge in [-0.15, -0.1) is 0 Å². The molecule has 1 aromatic carbocycles. The molecule has 1 N–H and O–H groups in total. The van der Waals surface area contributed by atoms with E-state index in [4.69, 9.17) is 4.74 Å². The van der Waals surface area contributed by atoms with Crippen LogP contribution in [0.25, 0.3) is 0 Å². The zero-order chi connectivity index (χ0) is 19.7. The van der Waals surface area contributed by atoms with Crippen LogP contribution < -0.4 is 14.9 Å². The lowest BCUT2D eigenvalue weighted by Crippen LogP contribution is -3.10. The molecule has 144 valence electrons. The van der Waals surface area contributed by atoms with Crippen LogP contribution in [0, 0.1) is 11.0 Å². The number of ether oxygens (including phenoxy) is 1. The summed E-state index contributed by atoms with van der Waals surface area (Å²) in [5.41, 5.74) is 0.137. The summed E-state index contributed by atoms with van der Waals surface area (Å²) in [7, 11) is 0. The van der Waals surface area contributed by atoms with E-state index in [0.717, 1.165) is 34.6 Å². The van der Waals surface area contributed by atoms with Crippen LogP contribution >= 0.6 is 11.8 Å². The molecule has 9 nitrogen and oxygen atoms in total. The molecule has 2 atom stereocenters. The first kappa shape index (κ1) is 19.3. The lowest BCUT2D eigenvalue weighted by molar-refractivity contribution is -0.768. The van der Waals surface area contributed by atoms with Gasteiger partial charge in [0, 0.05) is 12.3 Å². The smallest absolute Gasteiger partial charge is 0.414 e. The number of anilines is 2. The molecule has 2 aliphatic rings. The Morgan fingerprint density at radius 2 is 2.11 bits per heavy atom. The molecule has 2 fully saturated rings. The van der Waals surface area contributed by atoms with Gasteiger partial charge in [-0.2, -0.15) is 0 Å². The molecule has 27 heavy (non-hydrogen) atoms. The van der Waals surface area contributed by atoms with Gasteiger partial charge in [0.25, 0.3) is 5.12 Å². The van der Waals surface area contributed by atoms with E-state index in [-0.39, 0.29) is 31.0 Å². The van der Waals surface area contributed by atoms with Crippen LogP contribution in [-0.4, -0.2) is 54.5 Å². The van der Waals surface area contributed by atoms with E-state index in [9.17, 15) is 28.8 Å². The predicted molar refractivity (Wildman–Crippen MR) is 93.7 cm³/mol. The second-order valence-electron chi connectivity index (χ2n) is 6.03. The first-order chi connectivity index (χ1) is 12.8. The average molecular weight is 397 g/mol. The van der Waals surface area contributed by atoms with E-state index < -0.39 is 40.0 Å². The summed E-state index contributed by atoms with van der Waals surface area (Å²) in [6.07, 6.45) is -1.56.